The molecule has 1 fully saturated rings. The van der Waals surface area contributed by atoms with Gasteiger partial charge in [-0.1, -0.05) is 43.2 Å². The number of aromatic nitrogens is 2. The second-order valence-corrected chi connectivity index (χ2v) is 6.46. The number of carbonyl (C=O) groups is 2. The van der Waals surface area contributed by atoms with Gasteiger partial charge in [0, 0.05) is 44.0 Å². The average molecular weight is 352 g/mol. The van der Waals surface area contributed by atoms with E-state index in [0.29, 0.717) is 24.4 Å². The predicted molar refractivity (Wildman–Crippen MR) is 99.5 cm³/mol. The molecular formula is C20H24N4O2. The van der Waals surface area contributed by atoms with Crippen LogP contribution >= 0.6 is 0 Å². The fourth-order valence-electron chi connectivity index (χ4n) is 3.04. The minimum absolute atomic E-state index is 0.114. The summed E-state index contributed by atoms with van der Waals surface area (Å²) in [5.41, 5.74) is 1.30. The maximum atomic E-state index is 12.2. The highest BCUT2D eigenvalue weighted by molar-refractivity contribution is 5.94. The summed E-state index contributed by atoms with van der Waals surface area (Å²) >= 11 is 0. The van der Waals surface area contributed by atoms with Crippen LogP contribution in [0.3, 0.4) is 0 Å². The Balaban J connectivity index is 1.48. The van der Waals surface area contributed by atoms with Gasteiger partial charge in [-0.15, -0.1) is 0 Å². The quantitative estimate of drug-likeness (QED) is 0.898. The maximum absolute atomic E-state index is 12.2. The number of nitrogens with zero attached hydrogens (tertiary/aromatic N) is 3. The molecular weight excluding hydrogens is 328 g/mol. The highest BCUT2D eigenvalue weighted by atomic mass is 16.2. The molecule has 0 unspecified atom stereocenters. The molecule has 2 heterocycles. The first kappa shape index (κ1) is 18.0. The van der Waals surface area contributed by atoms with Crippen LogP contribution < -0.4 is 5.32 Å². The van der Waals surface area contributed by atoms with Crippen molar-refractivity contribution in [1.29, 1.82) is 0 Å². The van der Waals surface area contributed by atoms with Crippen molar-refractivity contribution in [2.45, 2.75) is 32.1 Å². The van der Waals surface area contributed by atoms with Crippen LogP contribution in [0.25, 0.3) is 11.4 Å². The van der Waals surface area contributed by atoms with E-state index in [1.807, 2.05) is 35.2 Å². The van der Waals surface area contributed by atoms with Gasteiger partial charge >= 0.3 is 0 Å². The third kappa shape index (κ3) is 4.88. The van der Waals surface area contributed by atoms with Crippen LogP contribution in [0.5, 0.6) is 0 Å². The van der Waals surface area contributed by atoms with Crippen LogP contribution in [0.1, 0.15) is 42.5 Å². The largest absolute Gasteiger partial charge is 0.351 e. The van der Waals surface area contributed by atoms with Crippen molar-refractivity contribution in [3.05, 3.63) is 48.3 Å². The summed E-state index contributed by atoms with van der Waals surface area (Å²) in [5.74, 6) is 0.439. The SMILES string of the molecule is O=C(NCCC(=O)N1CCCCCC1)c1cnc(-c2ccccc2)nc1. The number of nitrogens with one attached hydrogen (secondary N) is 1. The highest BCUT2D eigenvalue weighted by Crippen LogP contribution is 2.13. The van der Waals surface area contributed by atoms with E-state index in [0.717, 1.165) is 31.5 Å². The van der Waals surface area contributed by atoms with E-state index in [1.54, 1.807) is 0 Å². The number of likely N-dealkylation sites (tertiary alicyclic amines) is 1. The third-order valence-corrected chi connectivity index (χ3v) is 4.53. The zero-order valence-electron chi connectivity index (χ0n) is 14.9. The number of hydrogen-bond acceptors (Lipinski definition) is 4. The van der Waals surface area contributed by atoms with Crippen LogP contribution in [0.4, 0.5) is 0 Å². The van der Waals surface area contributed by atoms with Crippen molar-refractivity contribution in [3.8, 4) is 11.4 Å². The van der Waals surface area contributed by atoms with E-state index < -0.39 is 0 Å². The summed E-state index contributed by atoms with van der Waals surface area (Å²) in [5, 5.41) is 2.78. The zero-order chi connectivity index (χ0) is 18.2. The van der Waals surface area contributed by atoms with Crippen molar-refractivity contribution in [1.82, 2.24) is 20.2 Å². The molecule has 0 radical (unpaired) electrons. The van der Waals surface area contributed by atoms with Crippen LogP contribution in [-0.4, -0.2) is 46.3 Å². The summed E-state index contributed by atoms with van der Waals surface area (Å²) < 4.78 is 0. The van der Waals surface area contributed by atoms with Gasteiger partial charge in [0.25, 0.3) is 5.91 Å². The zero-order valence-corrected chi connectivity index (χ0v) is 14.9. The van der Waals surface area contributed by atoms with E-state index in [4.69, 9.17) is 0 Å². The lowest BCUT2D eigenvalue weighted by Gasteiger charge is -2.20. The summed E-state index contributed by atoms with van der Waals surface area (Å²) in [6.45, 7) is 2.00. The number of benzene rings is 1. The second-order valence-electron chi connectivity index (χ2n) is 6.46. The van der Waals surface area contributed by atoms with E-state index in [-0.39, 0.29) is 11.8 Å². The van der Waals surface area contributed by atoms with Crippen molar-refractivity contribution in [2.75, 3.05) is 19.6 Å². The molecule has 3 rings (SSSR count). The topological polar surface area (TPSA) is 75.2 Å². The molecule has 1 aromatic carbocycles. The minimum Gasteiger partial charge on any atom is -0.351 e. The Morgan fingerprint density at radius 2 is 1.62 bits per heavy atom. The summed E-state index contributed by atoms with van der Waals surface area (Å²) in [6, 6.07) is 9.60. The Morgan fingerprint density at radius 1 is 0.962 bits per heavy atom. The molecule has 1 N–H and O–H groups in total. The Labute approximate surface area is 153 Å². The van der Waals surface area contributed by atoms with Gasteiger partial charge in [0.1, 0.15) is 0 Å². The van der Waals surface area contributed by atoms with Crippen LogP contribution in [-0.2, 0) is 4.79 Å². The monoisotopic (exact) mass is 352 g/mol. The van der Waals surface area contributed by atoms with Gasteiger partial charge in [-0.05, 0) is 12.8 Å². The summed E-state index contributed by atoms with van der Waals surface area (Å²) in [4.78, 5) is 34.8. The summed E-state index contributed by atoms with van der Waals surface area (Å²) in [6.07, 6.45) is 7.89. The first-order valence-electron chi connectivity index (χ1n) is 9.17. The van der Waals surface area contributed by atoms with E-state index >= 15 is 0 Å². The molecule has 26 heavy (non-hydrogen) atoms. The molecule has 0 bridgehead atoms. The third-order valence-electron chi connectivity index (χ3n) is 4.53. The molecule has 0 aliphatic carbocycles. The molecule has 136 valence electrons. The van der Waals surface area contributed by atoms with Crippen LogP contribution in [0, 0.1) is 0 Å². The number of rotatable bonds is 5. The first-order chi connectivity index (χ1) is 12.7. The molecule has 2 aromatic rings. The molecule has 1 aliphatic heterocycles. The van der Waals surface area contributed by atoms with Gasteiger partial charge in [-0.3, -0.25) is 9.59 Å². The Bertz CT molecular complexity index is 723. The molecule has 1 aliphatic rings. The summed E-state index contributed by atoms with van der Waals surface area (Å²) in [7, 11) is 0. The lowest BCUT2D eigenvalue weighted by Crippen LogP contribution is -2.35. The lowest BCUT2D eigenvalue weighted by atomic mass is 10.2. The van der Waals surface area contributed by atoms with Crippen molar-refractivity contribution >= 4 is 11.8 Å². The first-order valence-corrected chi connectivity index (χ1v) is 9.17. The lowest BCUT2D eigenvalue weighted by molar-refractivity contribution is -0.131. The molecule has 1 aromatic heterocycles. The normalized spacial score (nSPS) is 14.5. The Morgan fingerprint density at radius 3 is 2.27 bits per heavy atom. The average Bonchev–Trinajstić information content (AvgIpc) is 2.98. The Hall–Kier alpha value is -2.76. The van der Waals surface area contributed by atoms with Gasteiger partial charge in [-0.2, -0.15) is 0 Å². The fraction of sp³-hybridized carbons (Fsp3) is 0.400. The van der Waals surface area contributed by atoms with Gasteiger partial charge in [-0.25, -0.2) is 9.97 Å². The van der Waals surface area contributed by atoms with Crippen LogP contribution in [0.2, 0.25) is 0 Å². The number of carbonyl (C=O) groups excluding carboxylic acids is 2. The van der Waals surface area contributed by atoms with Gasteiger partial charge in [0.15, 0.2) is 5.82 Å². The van der Waals surface area contributed by atoms with Gasteiger partial charge in [0.2, 0.25) is 5.91 Å². The number of amides is 2. The van der Waals surface area contributed by atoms with Gasteiger partial charge < -0.3 is 10.2 Å². The molecule has 2 amide bonds. The van der Waals surface area contributed by atoms with E-state index in [9.17, 15) is 9.59 Å². The van der Waals surface area contributed by atoms with Crippen molar-refractivity contribution in [3.63, 3.8) is 0 Å². The molecule has 0 saturated carbocycles. The highest BCUT2D eigenvalue weighted by Gasteiger charge is 2.15. The van der Waals surface area contributed by atoms with Crippen LogP contribution in [0.15, 0.2) is 42.7 Å². The predicted octanol–water partition coefficient (Wildman–Crippen LogP) is 2.67. The smallest absolute Gasteiger partial charge is 0.254 e. The standard InChI is InChI=1S/C20H24N4O2/c25-18(24-12-6-1-2-7-13-24)10-11-21-20(26)17-14-22-19(23-15-17)16-8-4-3-5-9-16/h3-5,8-9,14-15H,1-2,6-7,10-13H2,(H,21,26). The molecule has 1 saturated heterocycles. The molecule has 0 atom stereocenters. The van der Waals surface area contributed by atoms with Gasteiger partial charge in [0.05, 0.1) is 5.56 Å². The maximum Gasteiger partial charge on any atom is 0.254 e. The second kappa shape index (κ2) is 9.08. The fourth-order valence-corrected chi connectivity index (χ4v) is 3.04. The van der Waals surface area contributed by atoms with Crippen molar-refractivity contribution in [2.24, 2.45) is 0 Å². The molecule has 6 heteroatoms. The Kier molecular flexibility index (Phi) is 6.30. The van der Waals surface area contributed by atoms with Crippen molar-refractivity contribution < 1.29 is 9.59 Å². The minimum atomic E-state index is -0.256. The number of hydrogen-bond donors (Lipinski definition) is 1. The van der Waals surface area contributed by atoms with E-state index in [1.165, 1.54) is 25.2 Å². The molecule has 0 spiro atoms. The molecule has 6 nitrogen and oxygen atoms in total. The van der Waals surface area contributed by atoms with E-state index in [2.05, 4.69) is 15.3 Å².